The third kappa shape index (κ3) is 4.29. The molecule has 11 heteroatoms. The number of benzene rings is 1. The SMILES string of the molecule is C[C@@H](Sc1nncn1N)C(=O)Nc1cc(C(F)(F)F)ccc1Cl. The molecule has 0 spiro atoms. The van der Waals surface area contributed by atoms with Gasteiger partial charge in [0.2, 0.25) is 11.1 Å². The topological polar surface area (TPSA) is 85.8 Å². The summed E-state index contributed by atoms with van der Waals surface area (Å²) in [5.41, 5.74) is -1.02. The number of hydrogen-bond donors (Lipinski definition) is 2. The smallest absolute Gasteiger partial charge is 0.336 e. The predicted octanol–water partition coefficient (Wildman–Crippen LogP) is 2.78. The number of carbonyl (C=O) groups is 1. The van der Waals surface area contributed by atoms with Crippen LogP contribution in [-0.2, 0) is 11.0 Å². The van der Waals surface area contributed by atoms with Crippen molar-refractivity contribution in [1.29, 1.82) is 0 Å². The van der Waals surface area contributed by atoms with E-state index in [9.17, 15) is 18.0 Å². The largest absolute Gasteiger partial charge is 0.416 e. The average molecular weight is 366 g/mol. The van der Waals surface area contributed by atoms with Crippen LogP contribution in [0.15, 0.2) is 29.7 Å². The van der Waals surface area contributed by atoms with Crippen LogP contribution in [0.4, 0.5) is 18.9 Å². The quantitative estimate of drug-likeness (QED) is 0.642. The molecule has 1 aromatic heterocycles. The van der Waals surface area contributed by atoms with Gasteiger partial charge in [-0.2, -0.15) is 13.2 Å². The Morgan fingerprint density at radius 3 is 2.74 bits per heavy atom. The van der Waals surface area contributed by atoms with Crippen molar-refractivity contribution in [2.75, 3.05) is 11.2 Å². The lowest BCUT2D eigenvalue weighted by Crippen LogP contribution is -2.24. The third-order valence-corrected chi connectivity index (χ3v) is 4.14. The first-order chi connectivity index (χ1) is 10.7. The molecule has 6 nitrogen and oxygen atoms in total. The molecule has 0 saturated heterocycles. The van der Waals surface area contributed by atoms with Gasteiger partial charge in [0.25, 0.3) is 0 Å². The van der Waals surface area contributed by atoms with E-state index in [0.29, 0.717) is 5.16 Å². The zero-order valence-electron chi connectivity index (χ0n) is 11.6. The Morgan fingerprint density at radius 2 is 2.17 bits per heavy atom. The third-order valence-electron chi connectivity index (χ3n) is 2.74. The summed E-state index contributed by atoms with van der Waals surface area (Å²) in [5, 5.41) is 9.26. The van der Waals surface area contributed by atoms with Crippen LogP contribution >= 0.6 is 23.4 Å². The molecule has 1 atom stereocenters. The number of nitrogen functional groups attached to an aromatic ring is 1. The number of carbonyl (C=O) groups excluding carboxylic acids is 1. The first-order valence-corrected chi connectivity index (χ1v) is 7.43. The van der Waals surface area contributed by atoms with Crippen molar-refractivity contribution in [1.82, 2.24) is 14.9 Å². The Bertz CT molecular complexity index is 721. The molecule has 124 valence electrons. The van der Waals surface area contributed by atoms with E-state index >= 15 is 0 Å². The number of aromatic nitrogens is 3. The van der Waals surface area contributed by atoms with Crippen molar-refractivity contribution in [2.24, 2.45) is 0 Å². The number of nitrogens with two attached hydrogens (primary N) is 1. The maximum atomic E-state index is 12.7. The molecule has 23 heavy (non-hydrogen) atoms. The van der Waals surface area contributed by atoms with E-state index in [0.717, 1.165) is 34.6 Å². The zero-order chi connectivity index (χ0) is 17.2. The first-order valence-electron chi connectivity index (χ1n) is 6.18. The molecule has 0 unspecified atom stereocenters. The number of alkyl halides is 3. The molecule has 2 aromatic rings. The highest BCUT2D eigenvalue weighted by Crippen LogP contribution is 2.34. The van der Waals surface area contributed by atoms with Crippen LogP contribution in [0.3, 0.4) is 0 Å². The summed E-state index contributed by atoms with van der Waals surface area (Å²) in [7, 11) is 0. The van der Waals surface area contributed by atoms with Gasteiger partial charge >= 0.3 is 6.18 Å². The number of halogens is 4. The standard InChI is InChI=1S/C12H11ClF3N5OS/c1-6(23-11-20-18-5-21(11)17)10(22)19-9-4-7(12(14,15)16)2-3-8(9)13/h2-6H,17H2,1H3,(H,19,22)/t6-/m1/s1. The lowest BCUT2D eigenvalue weighted by Gasteiger charge is -2.14. The van der Waals surface area contributed by atoms with Gasteiger partial charge in [0.1, 0.15) is 6.33 Å². The van der Waals surface area contributed by atoms with Crippen molar-refractivity contribution in [3.63, 3.8) is 0 Å². The Hall–Kier alpha value is -1.94. The Kier molecular flexibility index (Phi) is 5.05. The number of nitrogens with one attached hydrogen (secondary N) is 1. The van der Waals surface area contributed by atoms with Crippen molar-refractivity contribution in [3.05, 3.63) is 35.1 Å². The van der Waals surface area contributed by atoms with Gasteiger partial charge in [-0.1, -0.05) is 23.4 Å². The van der Waals surface area contributed by atoms with Crippen molar-refractivity contribution >= 4 is 35.0 Å². The summed E-state index contributed by atoms with van der Waals surface area (Å²) < 4.78 is 39.2. The fourth-order valence-corrected chi connectivity index (χ4v) is 2.47. The van der Waals surface area contributed by atoms with Crippen LogP contribution < -0.4 is 11.2 Å². The molecule has 1 heterocycles. The molecule has 0 fully saturated rings. The highest BCUT2D eigenvalue weighted by Gasteiger charge is 2.31. The van der Waals surface area contributed by atoms with E-state index in [4.69, 9.17) is 17.4 Å². The lowest BCUT2D eigenvalue weighted by atomic mass is 10.2. The van der Waals surface area contributed by atoms with Crippen LogP contribution in [0.1, 0.15) is 12.5 Å². The Balaban J connectivity index is 2.12. The average Bonchev–Trinajstić information content (AvgIpc) is 2.85. The molecule has 2 rings (SSSR count). The summed E-state index contributed by atoms with van der Waals surface area (Å²) in [4.78, 5) is 12.1. The van der Waals surface area contributed by atoms with E-state index in [2.05, 4.69) is 15.5 Å². The summed E-state index contributed by atoms with van der Waals surface area (Å²) in [5.74, 6) is 4.98. The second kappa shape index (κ2) is 6.67. The first kappa shape index (κ1) is 17.4. The number of nitrogens with zero attached hydrogens (tertiary/aromatic N) is 3. The Morgan fingerprint density at radius 1 is 1.48 bits per heavy atom. The maximum Gasteiger partial charge on any atom is 0.416 e. The molecular weight excluding hydrogens is 355 g/mol. The molecule has 0 saturated carbocycles. The minimum atomic E-state index is -4.53. The highest BCUT2D eigenvalue weighted by molar-refractivity contribution is 8.00. The molecule has 0 bridgehead atoms. The molecule has 1 aromatic carbocycles. The summed E-state index contributed by atoms with van der Waals surface area (Å²) >= 11 is 6.83. The number of amides is 1. The second-order valence-corrected chi connectivity index (χ2v) is 6.18. The van der Waals surface area contributed by atoms with Crippen molar-refractivity contribution in [2.45, 2.75) is 23.5 Å². The van der Waals surface area contributed by atoms with Crippen LogP contribution in [0.2, 0.25) is 5.02 Å². The van der Waals surface area contributed by atoms with Crippen molar-refractivity contribution < 1.29 is 18.0 Å². The molecular formula is C12H11ClF3N5OS. The number of anilines is 1. The molecule has 0 aliphatic rings. The van der Waals surface area contributed by atoms with E-state index in [1.54, 1.807) is 6.92 Å². The molecule has 0 aliphatic carbocycles. The molecule has 0 aliphatic heterocycles. The minimum Gasteiger partial charge on any atom is -0.336 e. The van der Waals surface area contributed by atoms with Gasteiger partial charge in [-0.15, -0.1) is 10.2 Å². The molecule has 0 radical (unpaired) electrons. The van der Waals surface area contributed by atoms with Gasteiger partial charge in [-0.3, -0.25) is 4.79 Å². The summed E-state index contributed by atoms with van der Waals surface area (Å²) in [6, 6.07) is 2.70. The van der Waals surface area contributed by atoms with Gasteiger partial charge in [0.05, 0.1) is 21.5 Å². The van der Waals surface area contributed by atoms with Crippen LogP contribution in [0.25, 0.3) is 0 Å². The van der Waals surface area contributed by atoms with Gasteiger partial charge in [-0.25, -0.2) is 4.68 Å². The lowest BCUT2D eigenvalue weighted by molar-refractivity contribution is -0.137. The normalized spacial score (nSPS) is 12.9. The maximum absolute atomic E-state index is 12.7. The van der Waals surface area contributed by atoms with E-state index in [1.807, 2.05) is 0 Å². The fraction of sp³-hybridized carbons (Fsp3) is 0.250. The van der Waals surface area contributed by atoms with Gasteiger partial charge < -0.3 is 11.2 Å². The van der Waals surface area contributed by atoms with Crippen LogP contribution in [0, 0.1) is 0 Å². The Labute approximate surface area is 138 Å². The van der Waals surface area contributed by atoms with E-state index in [-0.39, 0.29) is 10.7 Å². The summed E-state index contributed by atoms with van der Waals surface area (Å²) in [6.07, 6.45) is -3.27. The zero-order valence-corrected chi connectivity index (χ0v) is 13.2. The van der Waals surface area contributed by atoms with Crippen LogP contribution in [-0.4, -0.2) is 26.0 Å². The monoisotopic (exact) mass is 365 g/mol. The van der Waals surface area contributed by atoms with Gasteiger partial charge in [-0.05, 0) is 25.1 Å². The van der Waals surface area contributed by atoms with E-state index < -0.39 is 22.9 Å². The van der Waals surface area contributed by atoms with E-state index in [1.165, 1.54) is 6.33 Å². The molecule has 3 N–H and O–H groups in total. The fourth-order valence-electron chi connectivity index (χ4n) is 1.56. The van der Waals surface area contributed by atoms with Gasteiger partial charge in [0, 0.05) is 0 Å². The number of thioether (sulfide) groups is 1. The second-order valence-electron chi connectivity index (χ2n) is 4.46. The minimum absolute atomic E-state index is 0.00513. The predicted molar refractivity (Wildman–Crippen MR) is 80.6 cm³/mol. The van der Waals surface area contributed by atoms with Crippen molar-refractivity contribution in [3.8, 4) is 0 Å². The molecule has 1 amide bonds. The van der Waals surface area contributed by atoms with Crippen LogP contribution in [0.5, 0.6) is 0 Å². The summed E-state index contributed by atoms with van der Waals surface area (Å²) in [6.45, 7) is 1.55. The number of rotatable bonds is 4. The number of hydrogen-bond acceptors (Lipinski definition) is 5. The van der Waals surface area contributed by atoms with Gasteiger partial charge in [0.15, 0.2) is 0 Å². The highest BCUT2D eigenvalue weighted by atomic mass is 35.5.